The molecule has 1 atom stereocenters. The van der Waals surface area contributed by atoms with E-state index < -0.39 is 0 Å². The maximum Gasteiger partial charge on any atom is 0.0916 e. The first kappa shape index (κ1) is 31.0. The molecule has 0 N–H and O–H groups in total. The van der Waals surface area contributed by atoms with Gasteiger partial charge >= 0.3 is 0 Å². The van der Waals surface area contributed by atoms with Crippen molar-refractivity contribution < 1.29 is 4.74 Å². The van der Waals surface area contributed by atoms with Crippen LogP contribution in [0.25, 0.3) is 0 Å². The summed E-state index contributed by atoms with van der Waals surface area (Å²) in [5.41, 5.74) is 0.329. The molecule has 1 aliphatic rings. The minimum Gasteiger partial charge on any atom is -0.370 e. The minimum atomic E-state index is 0.329. The maximum atomic E-state index is 5.91. The summed E-state index contributed by atoms with van der Waals surface area (Å²) in [6.45, 7) is 5.67. The lowest BCUT2D eigenvalue weighted by atomic mass is 9.94. The summed E-state index contributed by atoms with van der Waals surface area (Å²) >= 11 is 0. The third-order valence-corrected chi connectivity index (χ3v) is 8.02. The molecule has 0 spiro atoms. The van der Waals surface area contributed by atoms with Crippen molar-refractivity contribution in [3.05, 3.63) is 0 Å². The number of hydrogen-bond donors (Lipinski definition) is 0. The van der Waals surface area contributed by atoms with Crippen molar-refractivity contribution in [2.75, 3.05) is 6.61 Å². The minimum absolute atomic E-state index is 0.329. The quantitative estimate of drug-likeness (QED) is 0.0828. The van der Waals surface area contributed by atoms with Crippen LogP contribution in [0.5, 0.6) is 0 Å². The van der Waals surface area contributed by atoms with Gasteiger partial charge in [0.1, 0.15) is 0 Å². The summed E-state index contributed by atoms with van der Waals surface area (Å²) in [6, 6.07) is 0. The lowest BCUT2D eigenvalue weighted by molar-refractivity contribution is 0.260. The average Bonchev–Trinajstić information content (AvgIpc) is 3.60. The molecule has 1 heterocycles. The van der Waals surface area contributed by atoms with Gasteiger partial charge in [0.05, 0.1) is 12.2 Å². The van der Waals surface area contributed by atoms with Crippen LogP contribution in [-0.2, 0) is 4.74 Å². The van der Waals surface area contributed by atoms with Crippen LogP contribution in [-0.4, -0.2) is 12.2 Å². The van der Waals surface area contributed by atoms with E-state index in [0.717, 1.165) is 6.61 Å². The number of unbranched alkanes of at least 4 members (excludes halogenated alkanes) is 24. The summed E-state index contributed by atoms with van der Waals surface area (Å²) in [7, 11) is 0. The van der Waals surface area contributed by atoms with Gasteiger partial charge in [-0.2, -0.15) is 0 Å². The molecule has 0 aliphatic carbocycles. The van der Waals surface area contributed by atoms with Crippen molar-refractivity contribution in [2.45, 2.75) is 199 Å². The monoisotopic (exact) mass is 464 g/mol. The van der Waals surface area contributed by atoms with E-state index in [2.05, 4.69) is 13.8 Å². The van der Waals surface area contributed by atoms with Crippen LogP contribution in [0.1, 0.15) is 194 Å². The van der Waals surface area contributed by atoms with Crippen molar-refractivity contribution in [1.82, 2.24) is 0 Å². The Labute approximate surface area is 210 Å². The average molecular weight is 465 g/mol. The molecule has 1 heteroatoms. The maximum absolute atomic E-state index is 5.91. The van der Waals surface area contributed by atoms with E-state index in [1.807, 2.05) is 0 Å². The second-order valence-corrected chi connectivity index (χ2v) is 11.5. The van der Waals surface area contributed by atoms with Gasteiger partial charge in [-0.05, 0) is 12.8 Å². The topological polar surface area (TPSA) is 12.5 Å². The fraction of sp³-hybridized carbons (Fsp3) is 1.00. The molecule has 1 unspecified atom stereocenters. The third kappa shape index (κ3) is 21.0. The van der Waals surface area contributed by atoms with E-state index in [9.17, 15) is 0 Å². The van der Waals surface area contributed by atoms with Crippen molar-refractivity contribution in [2.24, 2.45) is 0 Å². The van der Waals surface area contributed by atoms with E-state index in [-0.39, 0.29) is 0 Å². The van der Waals surface area contributed by atoms with Crippen LogP contribution in [0.2, 0.25) is 0 Å². The number of rotatable bonds is 28. The van der Waals surface area contributed by atoms with Crippen molar-refractivity contribution in [3.63, 3.8) is 0 Å². The molecule has 198 valence electrons. The molecule has 1 rings (SSSR count). The Kier molecular flexibility index (Phi) is 22.2. The van der Waals surface area contributed by atoms with Gasteiger partial charge in [0.2, 0.25) is 0 Å². The van der Waals surface area contributed by atoms with Gasteiger partial charge in [-0.1, -0.05) is 181 Å². The standard InChI is InChI=1S/C32H64O/c1-3-5-7-9-11-13-15-17-18-20-22-24-26-28-30-32(31-33-32)29-27-25-23-21-19-16-14-12-10-8-6-4-2/h3-31H2,1-2H3. The van der Waals surface area contributed by atoms with E-state index in [0.29, 0.717) is 5.60 Å². The van der Waals surface area contributed by atoms with Crippen LogP contribution in [0, 0.1) is 0 Å². The van der Waals surface area contributed by atoms with Gasteiger partial charge in [0.15, 0.2) is 0 Å². The predicted octanol–water partition coefficient (Wildman–Crippen LogP) is 11.7. The summed E-state index contributed by atoms with van der Waals surface area (Å²) in [5, 5.41) is 0. The Morgan fingerprint density at radius 2 is 0.576 bits per heavy atom. The Hall–Kier alpha value is -0.0400. The first-order valence-electron chi connectivity index (χ1n) is 16.0. The first-order valence-corrected chi connectivity index (χ1v) is 16.0. The number of epoxide rings is 1. The molecule has 0 saturated carbocycles. The van der Waals surface area contributed by atoms with Crippen LogP contribution in [0.15, 0.2) is 0 Å². The zero-order chi connectivity index (χ0) is 23.7. The largest absolute Gasteiger partial charge is 0.370 e. The molecule has 0 radical (unpaired) electrons. The lowest BCUT2D eigenvalue weighted by Crippen LogP contribution is -2.10. The lowest BCUT2D eigenvalue weighted by Gasteiger charge is -2.11. The molecule has 1 fully saturated rings. The summed E-state index contributed by atoms with van der Waals surface area (Å²) in [6.07, 6.45) is 40.3. The van der Waals surface area contributed by atoms with Gasteiger partial charge in [-0.15, -0.1) is 0 Å². The fourth-order valence-corrected chi connectivity index (χ4v) is 5.45. The van der Waals surface area contributed by atoms with Crippen LogP contribution < -0.4 is 0 Å². The Morgan fingerprint density at radius 1 is 0.364 bits per heavy atom. The summed E-state index contributed by atoms with van der Waals surface area (Å²) in [5.74, 6) is 0. The Bertz CT molecular complexity index is 373. The fourth-order valence-electron chi connectivity index (χ4n) is 5.45. The van der Waals surface area contributed by atoms with Crippen LogP contribution in [0.4, 0.5) is 0 Å². The van der Waals surface area contributed by atoms with E-state index in [4.69, 9.17) is 4.74 Å². The highest BCUT2D eigenvalue weighted by Crippen LogP contribution is 2.38. The zero-order valence-corrected chi connectivity index (χ0v) is 23.4. The smallest absolute Gasteiger partial charge is 0.0916 e. The molecule has 1 saturated heterocycles. The van der Waals surface area contributed by atoms with Crippen LogP contribution in [0.3, 0.4) is 0 Å². The molecule has 1 nitrogen and oxygen atoms in total. The second-order valence-electron chi connectivity index (χ2n) is 11.5. The molecule has 0 amide bonds. The van der Waals surface area contributed by atoms with E-state index in [1.54, 1.807) is 0 Å². The number of ether oxygens (including phenoxy) is 1. The molecule has 0 bridgehead atoms. The molecule has 1 aliphatic heterocycles. The summed E-state index contributed by atoms with van der Waals surface area (Å²) in [4.78, 5) is 0. The molecule has 0 aromatic carbocycles. The van der Waals surface area contributed by atoms with Crippen LogP contribution >= 0.6 is 0 Å². The predicted molar refractivity (Wildman–Crippen MR) is 149 cm³/mol. The van der Waals surface area contributed by atoms with Gasteiger partial charge in [0, 0.05) is 0 Å². The van der Waals surface area contributed by atoms with Crippen molar-refractivity contribution in [1.29, 1.82) is 0 Å². The highest BCUT2D eigenvalue weighted by atomic mass is 16.6. The van der Waals surface area contributed by atoms with Gasteiger partial charge < -0.3 is 4.74 Å². The Balaban J connectivity index is 1.75. The first-order chi connectivity index (χ1) is 16.3. The zero-order valence-electron chi connectivity index (χ0n) is 23.4. The van der Waals surface area contributed by atoms with E-state index in [1.165, 1.54) is 180 Å². The molecule has 0 aromatic rings. The Morgan fingerprint density at radius 3 is 0.788 bits per heavy atom. The highest BCUT2D eigenvalue weighted by molar-refractivity contribution is 4.91. The molecular formula is C32H64O. The van der Waals surface area contributed by atoms with E-state index >= 15 is 0 Å². The van der Waals surface area contributed by atoms with Crippen molar-refractivity contribution >= 4 is 0 Å². The van der Waals surface area contributed by atoms with Crippen molar-refractivity contribution in [3.8, 4) is 0 Å². The SMILES string of the molecule is CCCCCCCCCCCCCCCCC1(CCCCCCCCCCCCCC)CO1. The van der Waals surface area contributed by atoms with Gasteiger partial charge in [-0.3, -0.25) is 0 Å². The normalized spacial score (nSPS) is 17.6. The molecular weight excluding hydrogens is 400 g/mol. The third-order valence-electron chi connectivity index (χ3n) is 8.02. The second kappa shape index (κ2) is 23.7. The highest BCUT2D eigenvalue weighted by Gasteiger charge is 2.42. The van der Waals surface area contributed by atoms with Gasteiger partial charge in [0.25, 0.3) is 0 Å². The number of hydrogen-bond acceptors (Lipinski definition) is 1. The van der Waals surface area contributed by atoms with Gasteiger partial charge in [-0.25, -0.2) is 0 Å². The molecule has 33 heavy (non-hydrogen) atoms. The molecule has 0 aromatic heterocycles. The summed E-state index contributed by atoms with van der Waals surface area (Å²) < 4.78 is 5.91.